The van der Waals surface area contributed by atoms with Gasteiger partial charge in [-0.2, -0.15) is 0 Å². The summed E-state index contributed by atoms with van der Waals surface area (Å²) in [4.78, 5) is 36.7. The second-order valence-corrected chi connectivity index (χ2v) is 7.25. The topological polar surface area (TPSA) is 109 Å². The molecule has 10 heteroatoms. The molecule has 156 valence electrons. The van der Waals surface area contributed by atoms with Crippen LogP contribution in [0.5, 0.6) is 0 Å². The Kier molecular flexibility index (Phi) is 7.02. The Morgan fingerprint density at radius 3 is 2.60 bits per heavy atom. The van der Waals surface area contributed by atoms with Gasteiger partial charge in [0.25, 0.3) is 5.91 Å². The third-order valence-electron chi connectivity index (χ3n) is 4.05. The van der Waals surface area contributed by atoms with Gasteiger partial charge in [-0.25, -0.2) is 14.3 Å². The maximum atomic E-state index is 13.0. The number of carbonyl (C=O) groups is 2. The van der Waals surface area contributed by atoms with Crippen LogP contribution in [-0.2, 0) is 11.3 Å². The molecule has 8 nitrogen and oxygen atoms in total. The number of thioether (sulfide) groups is 1. The van der Waals surface area contributed by atoms with Crippen molar-refractivity contribution in [2.45, 2.75) is 25.0 Å². The van der Waals surface area contributed by atoms with E-state index < -0.39 is 11.7 Å². The number of nitrogens with one attached hydrogen (secondary N) is 3. The molecular weight excluding hydrogens is 409 g/mol. The molecule has 3 rings (SSSR count). The van der Waals surface area contributed by atoms with Crippen molar-refractivity contribution in [2.24, 2.45) is 0 Å². The van der Waals surface area contributed by atoms with E-state index in [1.54, 1.807) is 24.3 Å². The Morgan fingerprint density at radius 1 is 1.13 bits per heavy atom. The average Bonchev–Trinajstić information content (AvgIpc) is 3.08. The molecule has 3 aromatic rings. The van der Waals surface area contributed by atoms with E-state index in [4.69, 9.17) is 0 Å². The molecule has 0 unspecified atom stereocenters. The first-order valence-corrected chi connectivity index (χ1v) is 10.2. The second kappa shape index (κ2) is 9.88. The van der Waals surface area contributed by atoms with Gasteiger partial charge in [-0.15, -0.1) is 5.10 Å². The highest BCUT2D eigenvalue weighted by atomic mass is 32.2. The van der Waals surface area contributed by atoms with Gasteiger partial charge in [0.1, 0.15) is 5.82 Å². The van der Waals surface area contributed by atoms with Gasteiger partial charge >= 0.3 is 5.69 Å². The summed E-state index contributed by atoms with van der Waals surface area (Å²) >= 11 is 1.13. The first-order chi connectivity index (χ1) is 14.5. The van der Waals surface area contributed by atoms with Crippen LogP contribution < -0.4 is 16.3 Å². The van der Waals surface area contributed by atoms with E-state index in [2.05, 4.69) is 20.8 Å². The minimum atomic E-state index is -0.436. The molecule has 30 heavy (non-hydrogen) atoms. The second-order valence-electron chi connectivity index (χ2n) is 6.31. The Balaban J connectivity index is 1.65. The molecule has 0 spiro atoms. The van der Waals surface area contributed by atoms with E-state index in [1.807, 2.05) is 6.92 Å². The summed E-state index contributed by atoms with van der Waals surface area (Å²) in [6.45, 7) is 2.44. The van der Waals surface area contributed by atoms with Crippen molar-refractivity contribution in [3.8, 4) is 0 Å². The summed E-state index contributed by atoms with van der Waals surface area (Å²) in [6.07, 6.45) is 0.760. The number of hydrogen-bond acceptors (Lipinski definition) is 5. The summed E-state index contributed by atoms with van der Waals surface area (Å²) in [7, 11) is 0. The zero-order valence-corrected chi connectivity index (χ0v) is 17.0. The van der Waals surface area contributed by atoms with E-state index in [0.717, 1.165) is 18.2 Å². The summed E-state index contributed by atoms with van der Waals surface area (Å²) < 4.78 is 14.5. The Labute approximate surface area is 175 Å². The molecule has 3 N–H and O–H groups in total. The minimum Gasteiger partial charge on any atom is -0.325 e. The largest absolute Gasteiger partial charge is 0.343 e. The minimum absolute atomic E-state index is 0.0158. The number of hydrogen-bond donors (Lipinski definition) is 3. The van der Waals surface area contributed by atoms with Crippen molar-refractivity contribution in [1.29, 1.82) is 0 Å². The predicted octanol–water partition coefficient (Wildman–Crippen LogP) is 3.10. The third kappa shape index (κ3) is 5.35. The van der Waals surface area contributed by atoms with E-state index in [-0.39, 0.29) is 22.9 Å². The standard InChI is InChI=1S/C20H20FN5O3S/c1-2-11-26-19(29)24-25-20(26)30-12-17(27)23-16-6-4-3-5-15(16)18(28)22-14-9-7-13(21)8-10-14/h3-10H,2,11-12H2,1H3,(H,22,28)(H,23,27)(H,24,29). The van der Waals surface area contributed by atoms with Gasteiger partial charge in [0.15, 0.2) is 5.16 Å². The molecule has 0 atom stereocenters. The smallest absolute Gasteiger partial charge is 0.325 e. The molecule has 0 fully saturated rings. The van der Waals surface area contributed by atoms with Crippen LogP contribution in [0.15, 0.2) is 58.5 Å². The molecule has 1 heterocycles. The predicted molar refractivity (Wildman–Crippen MR) is 113 cm³/mol. The van der Waals surface area contributed by atoms with Gasteiger partial charge in [0.2, 0.25) is 5.91 Å². The highest BCUT2D eigenvalue weighted by Crippen LogP contribution is 2.19. The van der Waals surface area contributed by atoms with Crippen LogP contribution >= 0.6 is 11.8 Å². The van der Waals surface area contributed by atoms with Crippen molar-refractivity contribution in [2.75, 3.05) is 16.4 Å². The lowest BCUT2D eigenvalue weighted by Gasteiger charge is -2.11. The normalized spacial score (nSPS) is 10.6. The molecule has 2 aromatic carbocycles. The van der Waals surface area contributed by atoms with E-state index >= 15 is 0 Å². The summed E-state index contributed by atoms with van der Waals surface area (Å²) in [5.41, 5.74) is 0.728. The summed E-state index contributed by atoms with van der Waals surface area (Å²) in [5, 5.41) is 12.1. The van der Waals surface area contributed by atoms with Crippen LogP contribution in [0, 0.1) is 5.82 Å². The third-order valence-corrected chi connectivity index (χ3v) is 5.03. The Bertz CT molecular complexity index is 1090. The van der Waals surface area contributed by atoms with Crippen molar-refractivity contribution < 1.29 is 14.0 Å². The fourth-order valence-corrected chi connectivity index (χ4v) is 3.44. The number of benzene rings is 2. The molecule has 0 radical (unpaired) electrons. The number of amides is 2. The van der Waals surface area contributed by atoms with Crippen molar-refractivity contribution >= 4 is 35.0 Å². The zero-order chi connectivity index (χ0) is 21.5. The number of H-pyrrole nitrogens is 1. The van der Waals surface area contributed by atoms with E-state index in [9.17, 15) is 18.8 Å². The maximum absolute atomic E-state index is 13.0. The SMILES string of the molecule is CCCn1c(SCC(=O)Nc2ccccc2C(=O)Nc2ccc(F)cc2)n[nH]c1=O. The number of carbonyl (C=O) groups excluding carboxylic acids is 2. The number of aromatic nitrogens is 3. The summed E-state index contributed by atoms with van der Waals surface area (Å²) in [6, 6.07) is 12.0. The highest BCUT2D eigenvalue weighted by molar-refractivity contribution is 7.99. The van der Waals surface area contributed by atoms with Crippen LogP contribution in [0.25, 0.3) is 0 Å². The van der Waals surface area contributed by atoms with Crippen LogP contribution in [0.4, 0.5) is 15.8 Å². The lowest BCUT2D eigenvalue weighted by atomic mass is 10.1. The van der Waals surface area contributed by atoms with E-state index in [0.29, 0.717) is 23.1 Å². The molecule has 0 aliphatic carbocycles. The lowest BCUT2D eigenvalue weighted by Crippen LogP contribution is -2.20. The summed E-state index contributed by atoms with van der Waals surface area (Å²) in [5.74, 6) is -1.17. The molecule has 1 aromatic heterocycles. The number of para-hydroxylation sites is 1. The van der Waals surface area contributed by atoms with Gasteiger partial charge in [-0.05, 0) is 42.8 Å². The molecule has 0 aliphatic rings. The van der Waals surface area contributed by atoms with Crippen LogP contribution in [-0.4, -0.2) is 32.3 Å². The monoisotopic (exact) mass is 429 g/mol. The number of anilines is 2. The highest BCUT2D eigenvalue weighted by Gasteiger charge is 2.15. The van der Waals surface area contributed by atoms with Crippen molar-refractivity contribution in [1.82, 2.24) is 14.8 Å². The van der Waals surface area contributed by atoms with Crippen LogP contribution in [0.2, 0.25) is 0 Å². The van der Waals surface area contributed by atoms with Gasteiger partial charge in [0, 0.05) is 12.2 Å². The first kappa shape index (κ1) is 21.3. The van der Waals surface area contributed by atoms with Crippen molar-refractivity contribution in [3.05, 3.63) is 70.4 Å². The fraction of sp³-hybridized carbons (Fsp3) is 0.200. The molecule has 2 amide bonds. The van der Waals surface area contributed by atoms with Gasteiger partial charge in [-0.3, -0.25) is 14.2 Å². The quantitative estimate of drug-likeness (QED) is 0.477. The number of halogens is 1. The number of rotatable bonds is 8. The number of nitrogens with zero attached hydrogens (tertiary/aromatic N) is 2. The average molecular weight is 429 g/mol. The van der Waals surface area contributed by atoms with Gasteiger partial charge < -0.3 is 10.6 Å². The zero-order valence-electron chi connectivity index (χ0n) is 16.1. The van der Waals surface area contributed by atoms with Crippen LogP contribution in [0.3, 0.4) is 0 Å². The lowest BCUT2D eigenvalue weighted by molar-refractivity contribution is -0.113. The van der Waals surface area contributed by atoms with Crippen LogP contribution in [0.1, 0.15) is 23.7 Å². The van der Waals surface area contributed by atoms with E-state index in [1.165, 1.54) is 28.8 Å². The first-order valence-electron chi connectivity index (χ1n) is 9.21. The Hall–Kier alpha value is -3.40. The van der Waals surface area contributed by atoms with Gasteiger partial charge in [0.05, 0.1) is 17.0 Å². The molecule has 0 saturated heterocycles. The Morgan fingerprint density at radius 2 is 1.87 bits per heavy atom. The molecule has 0 aliphatic heterocycles. The molecule has 0 bridgehead atoms. The van der Waals surface area contributed by atoms with Gasteiger partial charge in [-0.1, -0.05) is 30.8 Å². The fourth-order valence-electron chi connectivity index (χ4n) is 2.67. The molecular formula is C20H20FN5O3S. The maximum Gasteiger partial charge on any atom is 0.343 e. The van der Waals surface area contributed by atoms with Crippen molar-refractivity contribution in [3.63, 3.8) is 0 Å². The number of aromatic amines is 1. The molecule has 0 saturated carbocycles.